The number of nitrogens with zero attached hydrogens (tertiary/aromatic N) is 4. The van der Waals surface area contributed by atoms with Gasteiger partial charge < -0.3 is 20.9 Å². The van der Waals surface area contributed by atoms with Gasteiger partial charge in [-0.15, -0.1) is 5.10 Å². The summed E-state index contributed by atoms with van der Waals surface area (Å²) < 4.78 is 38.4. The van der Waals surface area contributed by atoms with Gasteiger partial charge in [0.05, 0.1) is 21.0 Å². The summed E-state index contributed by atoms with van der Waals surface area (Å²) >= 11 is 13.6. The first-order valence-electron chi connectivity index (χ1n) is 11.8. The van der Waals surface area contributed by atoms with Crippen molar-refractivity contribution < 1.29 is 38.8 Å². The third kappa shape index (κ3) is 11.9. The van der Waals surface area contributed by atoms with Gasteiger partial charge in [0.1, 0.15) is 13.2 Å². The van der Waals surface area contributed by atoms with Crippen LogP contribution in [0.1, 0.15) is 26.3 Å². The molecule has 1 aromatic heterocycles. The van der Waals surface area contributed by atoms with Crippen molar-refractivity contribution in [1.29, 1.82) is 0 Å². The molecule has 0 fully saturated rings. The second-order valence-electron chi connectivity index (χ2n) is 8.08. The Labute approximate surface area is 248 Å². The van der Waals surface area contributed by atoms with Crippen LogP contribution in [0.3, 0.4) is 0 Å². The number of alkyl halides is 3. The molecule has 0 radical (unpaired) electrons. The number of alkyl carbamates (subject to hydrolysis) is 1. The highest BCUT2D eigenvalue weighted by atomic mass is 35.5. The standard InChI is InChI=1S/C22H24Cl2N6O3S.C2HF3O2.H2/c23-16-9-6-10-17(24)20(16)34-21-27-28-29-30(21)13-19(31)18(11-4-5-12-25)26-22(32)33-14-15-7-2-1-3-8-15;3-2(4,5)1(6)7;/h1-3,6-10,18H,4-5,11-14,25H2,(H,26,32);(H,6,7);1H. The lowest BCUT2D eigenvalue weighted by molar-refractivity contribution is -0.192. The average molecular weight is 639 g/mol. The summed E-state index contributed by atoms with van der Waals surface area (Å²) in [4.78, 5) is 34.9. The Morgan fingerprint density at radius 1 is 1.10 bits per heavy atom. The van der Waals surface area contributed by atoms with Gasteiger partial charge >= 0.3 is 18.2 Å². The van der Waals surface area contributed by atoms with Crippen LogP contribution in [-0.2, 0) is 27.5 Å². The Bertz CT molecular complexity index is 1290. The first-order valence-corrected chi connectivity index (χ1v) is 13.4. The van der Waals surface area contributed by atoms with E-state index < -0.39 is 24.3 Å². The van der Waals surface area contributed by atoms with E-state index in [0.29, 0.717) is 39.5 Å². The van der Waals surface area contributed by atoms with E-state index in [0.717, 1.165) is 23.7 Å². The maximum Gasteiger partial charge on any atom is 0.490 e. The SMILES string of the molecule is NCCCCC(NC(=O)OCc1ccccc1)C(=O)Cn1nnnc1Sc1c(Cl)cccc1Cl.O=C(O)C(F)(F)F.[HH]. The van der Waals surface area contributed by atoms with Gasteiger partial charge in [-0.1, -0.05) is 59.6 Å². The van der Waals surface area contributed by atoms with Crippen LogP contribution in [0.15, 0.2) is 58.6 Å². The summed E-state index contributed by atoms with van der Waals surface area (Å²) in [5.41, 5.74) is 6.42. The number of carbonyl (C=O) groups is 3. The number of aromatic nitrogens is 4. The largest absolute Gasteiger partial charge is 0.490 e. The van der Waals surface area contributed by atoms with Gasteiger partial charge in [-0.2, -0.15) is 13.2 Å². The van der Waals surface area contributed by atoms with E-state index in [1.807, 2.05) is 30.3 Å². The van der Waals surface area contributed by atoms with E-state index in [4.69, 9.17) is 43.6 Å². The molecule has 1 atom stereocenters. The zero-order valence-electron chi connectivity index (χ0n) is 21.2. The minimum atomic E-state index is -5.08. The van der Waals surface area contributed by atoms with Crippen LogP contribution in [0.25, 0.3) is 0 Å². The zero-order valence-corrected chi connectivity index (χ0v) is 23.5. The Morgan fingerprint density at radius 3 is 2.32 bits per heavy atom. The Balaban J connectivity index is 0.000000981. The minimum absolute atomic E-state index is 0. The fraction of sp³-hybridized carbons (Fsp3) is 0.333. The molecule has 0 aliphatic heterocycles. The van der Waals surface area contributed by atoms with E-state index in [1.165, 1.54) is 4.68 Å². The van der Waals surface area contributed by atoms with Crippen LogP contribution in [0.2, 0.25) is 10.0 Å². The molecule has 0 saturated heterocycles. The summed E-state index contributed by atoms with van der Waals surface area (Å²) in [5, 5.41) is 22.6. The van der Waals surface area contributed by atoms with Crippen LogP contribution in [0.5, 0.6) is 0 Å². The number of carboxylic acid groups (broad SMARTS) is 1. The number of hydrogen-bond donors (Lipinski definition) is 3. The lowest BCUT2D eigenvalue weighted by Gasteiger charge is -2.18. The Morgan fingerprint density at radius 2 is 1.73 bits per heavy atom. The number of aliphatic carboxylic acids is 1. The molecule has 17 heteroatoms. The highest BCUT2D eigenvalue weighted by molar-refractivity contribution is 7.99. The van der Waals surface area contributed by atoms with Crippen molar-refractivity contribution in [1.82, 2.24) is 25.5 Å². The van der Waals surface area contributed by atoms with Crippen molar-refractivity contribution in [2.45, 2.75) is 54.7 Å². The second kappa shape index (κ2) is 16.8. The van der Waals surface area contributed by atoms with E-state index in [9.17, 15) is 22.8 Å². The van der Waals surface area contributed by atoms with Gasteiger partial charge in [-0.3, -0.25) is 4.79 Å². The molecule has 0 aliphatic rings. The van der Waals surface area contributed by atoms with Crippen molar-refractivity contribution in [2.24, 2.45) is 5.73 Å². The van der Waals surface area contributed by atoms with Crippen LogP contribution in [0, 0.1) is 0 Å². The molecule has 224 valence electrons. The van der Waals surface area contributed by atoms with Gasteiger partial charge in [0.2, 0.25) is 5.16 Å². The third-order valence-electron chi connectivity index (χ3n) is 5.00. The van der Waals surface area contributed by atoms with Crippen molar-refractivity contribution in [2.75, 3.05) is 6.54 Å². The fourth-order valence-corrected chi connectivity index (χ4v) is 4.44. The monoisotopic (exact) mass is 638 g/mol. The fourth-order valence-electron chi connectivity index (χ4n) is 3.01. The normalized spacial score (nSPS) is 11.7. The molecule has 0 saturated carbocycles. The van der Waals surface area contributed by atoms with Gasteiger partial charge in [-0.25, -0.2) is 14.3 Å². The number of halogens is 5. The van der Waals surface area contributed by atoms with Crippen molar-refractivity contribution in [3.63, 3.8) is 0 Å². The van der Waals surface area contributed by atoms with E-state index >= 15 is 0 Å². The lowest BCUT2D eigenvalue weighted by Crippen LogP contribution is -2.42. The lowest BCUT2D eigenvalue weighted by atomic mass is 10.1. The topological polar surface area (TPSA) is 162 Å². The number of rotatable bonds is 12. The summed E-state index contributed by atoms with van der Waals surface area (Å²) in [6, 6.07) is 13.6. The number of benzene rings is 2. The second-order valence-corrected chi connectivity index (χ2v) is 9.88. The summed E-state index contributed by atoms with van der Waals surface area (Å²) in [6.07, 6.45) is -3.96. The third-order valence-corrected chi connectivity index (χ3v) is 6.97. The average Bonchev–Trinajstić information content (AvgIpc) is 3.36. The van der Waals surface area contributed by atoms with Gasteiger partial charge in [0.25, 0.3) is 0 Å². The van der Waals surface area contributed by atoms with Gasteiger partial charge in [0, 0.05) is 1.43 Å². The van der Waals surface area contributed by atoms with Crippen molar-refractivity contribution in [3.8, 4) is 0 Å². The number of nitrogens with two attached hydrogens (primary N) is 1. The minimum Gasteiger partial charge on any atom is -0.475 e. The van der Waals surface area contributed by atoms with E-state index in [2.05, 4.69) is 20.8 Å². The van der Waals surface area contributed by atoms with Crippen molar-refractivity contribution in [3.05, 3.63) is 64.1 Å². The highest BCUT2D eigenvalue weighted by Crippen LogP contribution is 2.37. The first kappa shape index (κ1) is 33.8. The molecule has 1 amide bonds. The maximum absolute atomic E-state index is 13.1. The number of ether oxygens (including phenoxy) is 1. The number of amides is 1. The summed E-state index contributed by atoms with van der Waals surface area (Å²) in [6.45, 7) is 0.443. The number of ketones is 1. The zero-order chi connectivity index (χ0) is 30.4. The maximum atomic E-state index is 13.1. The molecule has 41 heavy (non-hydrogen) atoms. The highest BCUT2D eigenvalue weighted by Gasteiger charge is 2.38. The Kier molecular flexibility index (Phi) is 13.8. The molecule has 0 bridgehead atoms. The molecule has 3 rings (SSSR count). The molecule has 1 unspecified atom stereocenters. The number of Topliss-reactive ketones (excluding diaryl/α,β-unsaturated/α-hetero) is 1. The molecular weight excluding hydrogens is 612 g/mol. The van der Waals surface area contributed by atoms with Crippen LogP contribution in [0.4, 0.5) is 18.0 Å². The summed E-state index contributed by atoms with van der Waals surface area (Å²) in [5.74, 6) is -3.03. The quantitative estimate of drug-likeness (QED) is 0.230. The van der Waals surface area contributed by atoms with E-state index in [-0.39, 0.29) is 20.4 Å². The number of nitrogens with one attached hydrogen (secondary N) is 1. The number of hydrogen-bond acceptors (Lipinski definition) is 9. The van der Waals surface area contributed by atoms with Gasteiger partial charge in [0.15, 0.2) is 5.78 Å². The molecule has 4 N–H and O–H groups in total. The molecule has 0 aliphatic carbocycles. The molecule has 3 aromatic rings. The predicted octanol–water partition coefficient (Wildman–Crippen LogP) is 5.00. The molecule has 0 spiro atoms. The van der Waals surface area contributed by atoms with Gasteiger partial charge in [-0.05, 0) is 65.7 Å². The molecule has 11 nitrogen and oxygen atoms in total. The first-order chi connectivity index (χ1) is 19.4. The van der Waals surface area contributed by atoms with Crippen molar-refractivity contribution >= 4 is 52.8 Å². The van der Waals surface area contributed by atoms with Crippen LogP contribution in [-0.4, -0.2) is 61.9 Å². The molecule has 2 aromatic carbocycles. The van der Waals surface area contributed by atoms with Crippen LogP contribution < -0.4 is 11.1 Å². The number of carboxylic acids is 1. The summed E-state index contributed by atoms with van der Waals surface area (Å²) in [7, 11) is 0. The Hall–Kier alpha value is -3.40. The number of tetrazole rings is 1. The molecular formula is C24H27Cl2F3N6O5S. The van der Waals surface area contributed by atoms with Crippen LogP contribution >= 0.6 is 35.0 Å². The smallest absolute Gasteiger partial charge is 0.475 e. The van der Waals surface area contributed by atoms with E-state index in [1.54, 1.807) is 18.2 Å². The predicted molar refractivity (Wildman–Crippen MR) is 146 cm³/mol. The molecule has 1 heterocycles. The number of unbranched alkanes of at least 4 members (excludes halogenated alkanes) is 1. The number of carbonyl (C=O) groups excluding carboxylic acids is 2.